The summed E-state index contributed by atoms with van der Waals surface area (Å²) in [5, 5.41) is 12.9. The first-order valence-electron chi connectivity index (χ1n) is 10.2. The Morgan fingerprint density at radius 3 is 2.42 bits per heavy atom. The zero-order valence-corrected chi connectivity index (χ0v) is 17.9. The molecule has 0 aliphatic heterocycles. The number of alkyl halides is 3. The first kappa shape index (κ1) is 22.8. The SMILES string of the molecule is O=C(Nc1ccc(Oc2ncc(C(F)(F)F)cn2)cc1)c1cc(-c2ccc3n[nH]nc3n2)ccc1F. The molecule has 180 valence electrons. The van der Waals surface area contributed by atoms with Crippen LogP contribution in [0.5, 0.6) is 11.8 Å². The molecule has 36 heavy (non-hydrogen) atoms. The summed E-state index contributed by atoms with van der Waals surface area (Å²) in [4.78, 5) is 24.1. The molecular formula is C23H13F4N7O2. The molecule has 0 unspecified atom stereocenters. The number of carbonyl (C=O) groups excluding carboxylic acids is 1. The average Bonchev–Trinajstić information content (AvgIpc) is 3.33. The second kappa shape index (κ2) is 9.02. The van der Waals surface area contributed by atoms with E-state index in [9.17, 15) is 22.4 Å². The number of halogens is 4. The van der Waals surface area contributed by atoms with E-state index in [1.54, 1.807) is 12.1 Å². The molecule has 0 fully saturated rings. The van der Waals surface area contributed by atoms with Crippen molar-refractivity contribution in [3.05, 3.63) is 83.9 Å². The van der Waals surface area contributed by atoms with Crippen molar-refractivity contribution < 1.29 is 27.1 Å². The molecule has 9 nitrogen and oxygen atoms in total. The summed E-state index contributed by atoms with van der Waals surface area (Å²) in [5.41, 5.74) is 1.06. The first-order chi connectivity index (χ1) is 17.3. The summed E-state index contributed by atoms with van der Waals surface area (Å²) in [7, 11) is 0. The summed E-state index contributed by atoms with van der Waals surface area (Å²) < 4.78 is 57.6. The monoisotopic (exact) mass is 495 g/mol. The summed E-state index contributed by atoms with van der Waals surface area (Å²) in [6.45, 7) is 0. The van der Waals surface area contributed by atoms with Crippen LogP contribution in [0.4, 0.5) is 23.2 Å². The van der Waals surface area contributed by atoms with Crippen LogP contribution in [-0.4, -0.2) is 36.3 Å². The van der Waals surface area contributed by atoms with Gasteiger partial charge in [0.25, 0.3) is 5.91 Å². The Hall–Kier alpha value is -4.94. The van der Waals surface area contributed by atoms with Gasteiger partial charge in [0.15, 0.2) is 0 Å². The molecule has 13 heteroatoms. The number of fused-ring (bicyclic) bond motifs is 1. The van der Waals surface area contributed by atoms with Gasteiger partial charge in [-0.25, -0.2) is 19.3 Å². The molecule has 3 aromatic heterocycles. The van der Waals surface area contributed by atoms with E-state index in [2.05, 4.69) is 35.7 Å². The molecule has 2 N–H and O–H groups in total. The fourth-order valence-electron chi connectivity index (χ4n) is 3.18. The number of hydrogen-bond donors (Lipinski definition) is 2. The second-order valence-electron chi connectivity index (χ2n) is 7.39. The van der Waals surface area contributed by atoms with Gasteiger partial charge in [0, 0.05) is 23.6 Å². The molecule has 0 aliphatic carbocycles. The number of nitrogens with zero attached hydrogens (tertiary/aromatic N) is 5. The van der Waals surface area contributed by atoms with Crippen LogP contribution in [0.2, 0.25) is 0 Å². The molecule has 0 saturated heterocycles. The van der Waals surface area contributed by atoms with Gasteiger partial charge in [0.1, 0.15) is 17.1 Å². The van der Waals surface area contributed by atoms with E-state index in [-0.39, 0.29) is 17.3 Å². The highest BCUT2D eigenvalue weighted by Crippen LogP contribution is 2.29. The molecule has 1 amide bonds. The summed E-state index contributed by atoms with van der Waals surface area (Å²) in [5.74, 6) is -1.20. The zero-order valence-electron chi connectivity index (χ0n) is 17.9. The number of anilines is 1. The van der Waals surface area contributed by atoms with Crippen LogP contribution in [0.25, 0.3) is 22.4 Å². The number of nitrogens with one attached hydrogen (secondary N) is 2. The number of H-pyrrole nitrogens is 1. The fourth-order valence-corrected chi connectivity index (χ4v) is 3.18. The molecule has 5 aromatic rings. The highest BCUT2D eigenvalue weighted by atomic mass is 19.4. The van der Waals surface area contributed by atoms with Crippen molar-refractivity contribution >= 4 is 22.8 Å². The quantitative estimate of drug-likeness (QED) is 0.329. The lowest BCUT2D eigenvalue weighted by Gasteiger charge is -2.10. The molecule has 3 heterocycles. The second-order valence-corrected chi connectivity index (χ2v) is 7.39. The van der Waals surface area contributed by atoms with Crippen molar-refractivity contribution in [3.63, 3.8) is 0 Å². The smallest absolute Gasteiger partial charge is 0.419 e. The average molecular weight is 495 g/mol. The van der Waals surface area contributed by atoms with Crippen LogP contribution >= 0.6 is 0 Å². The Balaban J connectivity index is 1.29. The third-order valence-corrected chi connectivity index (χ3v) is 4.96. The maximum atomic E-state index is 14.4. The van der Waals surface area contributed by atoms with Crippen molar-refractivity contribution in [2.75, 3.05) is 5.32 Å². The minimum absolute atomic E-state index is 0.201. The molecule has 0 bridgehead atoms. The van der Waals surface area contributed by atoms with Gasteiger partial charge in [0.05, 0.1) is 16.8 Å². The number of carbonyl (C=O) groups is 1. The van der Waals surface area contributed by atoms with Gasteiger partial charge in [0.2, 0.25) is 5.65 Å². The molecule has 0 spiro atoms. The van der Waals surface area contributed by atoms with Crippen molar-refractivity contribution in [2.24, 2.45) is 0 Å². The molecule has 0 atom stereocenters. The van der Waals surface area contributed by atoms with Crippen molar-refractivity contribution in [1.82, 2.24) is 30.4 Å². The van der Waals surface area contributed by atoms with Crippen molar-refractivity contribution in [1.29, 1.82) is 0 Å². The molecule has 0 saturated carbocycles. The topological polar surface area (TPSA) is 119 Å². The van der Waals surface area contributed by atoms with Gasteiger partial charge in [-0.1, -0.05) is 0 Å². The number of pyridine rings is 1. The van der Waals surface area contributed by atoms with Crippen molar-refractivity contribution in [3.8, 4) is 23.0 Å². The highest BCUT2D eigenvalue weighted by Gasteiger charge is 2.31. The normalized spacial score (nSPS) is 11.4. The minimum atomic E-state index is -4.56. The standard InChI is InChI=1S/C23H13F4N7O2/c24-17-6-1-12(18-7-8-19-20(31-18)33-34-32-19)9-16(17)21(35)30-14-2-4-15(5-3-14)36-22-28-10-13(11-29-22)23(25,26)27/h1-11H,(H,30,35)(H,31,32,33,34). The highest BCUT2D eigenvalue weighted by molar-refractivity contribution is 6.05. The number of benzene rings is 2. The van der Waals surface area contributed by atoms with Crippen LogP contribution in [-0.2, 0) is 6.18 Å². The summed E-state index contributed by atoms with van der Waals surface area (Å²) >= 11 is 0. The Morgan fingerprint density at radius 1 is 0.944 bits per heavy atom. The number of aromatic nitrogens is 6. The molecule has 5 rings (SSSR count). The summed E-state index contributed by atoms with van der Waals surface area (Å²) in [6.07, 6.45) is -3.34. The lowest BCUT2D eigenvalue weighted by atomic mass is 10.1. The van der Waals surface area contributed by atoms with Gasteiger partial charge >= 0.3 is 12.2 Å². The Labute approximate surface area is 199 Å². The fraction of sp³-hybridized carbons (Fsp3) is 0.0435. The predicted molar refractivity (Wildman–Crippen MR) is 119 cm³/mol. The van der Waals surface area contributed by atoms with Crippen LogP contribution in [0, 0.1) is 5.82 Å². The van der Waals surface area contributed by atoms with Gasteiger partial charge in [-0.2, -0.15) is 23.5 Å². The lowest BCUT2D eigenvalue weighted by Crippen LogP contribution is -2.14. The molecule has 0 aliphatic rings. The molecule has 0 radical (unpaired) electrons. The van der Waals surface area contributed by atoms with Gasteiger partial charge in [-0.05, 0) is 54.6 Å². The number of aromatic amines is 1. The maximum Gasteiger partial charge on any atom is 0.419 e. The van der Waals surface area contributed by atoms with E-state index in [1.165, 1.54) is 42.5 Å². The number of hydrogen-bond acceptors (Lipinski definition) is 7. The van der Waals surface area contributed by atoms with E-state index in [0.29, 0.717) is 40.5 Å². The lowest BCUT2D eigenvalue weighted by molar-refractivity contribution is -0.138. The largest absolute Gasteiger partial charge is 0.424 e. The number of rotatable bonds is 5. The minimum Gasteiger partial charge on any atom is -0.424 e. The van der Waals surface area contributed by atoms with E-state index >= 15 is 0 Å². The molecular weight excluding hydrogens is 482 g/mol. The Morgan fingerprint density at radius 2 is 1.69 bits per heavy atom. The van der Waals surface area contributed by atoms with Crippen LogP contribution in [0.1, 0.15) is 15.9 Å². The molecule has 2 aromatic carbocycles. The Bertz CT molecular complexity index is 1550. The van der Waals surface area contributed by atoms with E-state index in [0.717, 1.165) is 0 Å². The maximum absolute atomic E-state index is 14.4. The first-order valence-corrected chi connectivity index (χ1v) is 10.2. The van der Waals surface area contributed by atoms with Crippen LogP contribution in [0.3, 0.4) is 0 Å². The van der Waals surface area contributed by atoms with E-state index < -0.39 is 23.5 Å². The third kappa shape index (κ3) is 4.80. The van der Waals surface area contributed by atoms with Gasteiger partial charge in [-0.3, -0.25) is 4.79 Å². The number of amides is 1. The predicted octanol–water partition coefficient (Wildman–Crippen LogP) is 5.01. The van der Waals surface area contributed by atoms with Crippen LogP contribution in [0.15, 0.2) is 67.0 Å². The van der Waals surface area contributed by atoms with Crippen molar-refractivity contribution in [2.45, 2.75) is 6.18 Å². The Kier molecular flexibility index (Phi) is 5.72. The third-order valence-electron chi connectivity index (χ3n) is 4.96. The zero-order chi connectivity index (χ0) is 25.3. The van der Waals surface area contributed by atoms with E-state index in [4.69, 9.17) is 4.74 Å². The summed E-state index contributed by atoms with van der Waals surface area (Å²) in [6, 6.07) is 13.0. The number of ether oxygens (including phenoxy) is 1. The van der Waals surface area contributed by atoms with E-state index in [1.807, 2.05) is 0 Å². The van der Waals surface area contributed by atoms with Gasteiger partial charge < -0.3 is 10.1 Å². The van der Waals surface area contributed by atoms with Crippen LogP contribution < -0.4 is 10.1 Å². The van der Waals surface area contributed by atoms with Gasteiger partial charge in [-0.15, -0.1) is 5.10 Å².